The quantitative estimate of drug-likeness (QED) is 0.855. The molecule has 24 heavy (non-hydrogen) atoms. The summed E-state index contributed by atoms with van der Waals surface area (Å²) in [6.07, 6.45) is 0.526. The number of ether oxygens (including phenoxy) is 1. The van der Waals surface area contributed by atoms with Crippen LogP contribution in [0.1, 0.15) is 61.3 Å². The summed E-state index contributed by atoms with van der Waals surface area (Å²) in [7, 11) is 0. The van der Waals surface area contributed by atoms with Crippen LogP contribution in [0.3, 0.4) is 0 Å². The number of benzene rings is 1. The molecule has 0 radical (unpaired) electrons. The molecule has 0 aliphatic heterocycles. The lowest BCUT2D eigenvalue weighted by Gasteiger charge is -2.20. The van der Waals surface area contributed by atoms with Crippen LogP contribution in [0, 0.1) is 0 Å². The molecule has 128 valence electrons. The summed E-state index contributed by atoms with van der Waals surface area (Å²) in [5, 5.41) is 2.66. The van der Waals surface area contributed by atoms with Gasteiger partial charge in [0.25, 0.3) is 0 Å². The maximum Gasteiger partial charge on any atom is 0.407 e. The zero-order valence-electron chi connectivity index (χ0n) is 14.6. The summed E-state index contributed by atoms with van der Waals surface area (Å²) >= 11 is 0. The molecule has 0 bridgehead atoms. The normalized spacial score (nSPS) is 14.5. The molecular formula is C19H23NO4. The molecule has 1 amide bonds. The maximum atomic E-state index is 12.6. The molecular weight excluding hydrogens is 306 g/mol. The van der Waals surface area contributed by atoms with Gasteiger partial charge in [-0.2, -0.15) is 0 Å². The van der Waals surface area contributed by atoms with Crippen molar-refractivity contribution in [1.29, 1.82) is 0 Å². The first kappa shape index (κ1) is 17.9. The summed E-state index contributed by atoms with van der Waals surface area (Å²) in [6.45, 7) is 7.46. The molecule has 1 aromatic carbocycles. The van der Waals surface area contributed by atoms with Crippen LogP contribution in [0.5, 0.6) is 0 Å². The number of amides is 1. The number of rotatable bonds is 4. The second-order valence-corrected chi connectivity index (χ2v) is 6.84. The molecule has 0 aromatic heterocycles. The number of ketones is 2. The van der Waals surface area contributed by atoms with Gasteiger partial charge in [-0.05, 0) is 40.5 Å². The number of Topliss-reactive ketones (excluding diaryl/α,β-unsaturated/α-hetero) is 2. The van der Waals surface area contributed by atoms with Gasteiger partial charge in [0.15, 0.2) is 11.6 Å². The second kappa shape index (κ2) is 6.99. The van der Waals surface area contributed by atoms with Gasteiger partial charge in [0, 0.05) is 28.8 Å². The Morgan fingerprint density at radius 2 is 1.67 bits per heavy atom. The Hall–Kier alpha value is -2.43. The van der Waals surface area contributed by atoms with Crippen LogP contribution in [0.4, 0.5) is 4.79 Å². The van der Waals surface area contributed by atoms with Crippen LogP contribution >= 0.6 is 0 Å². The highest BCUT2D eigenvalue weighted by Gasteiger charge is 2.28. The largest absolute Gasteiger partial charge is 0.444 e. The molecule has 0 atom stereocenters. The highest BCUT2D eigenvalue weighted by Crippen LogP contribution is 2.28. The zero-order valence-corrected chi connectivity index (χ0v) is 14.6. The first-order valence-electron chi connectivity index (χ1n) is 8.06. The topological polar surface area (TPSA) is 72.5 Å². The molecule has 5 heteroatoms. The van der Waals surface area contributed by atoms with Crippen molar-refractivity contribution in [3.05, 3.63) is 46.5 Å². The summed E-state index contributed by atoms with van der Waals surface area (Å²) in [5.41, 5.74) is 1.41. The molecule has 1 aromatic rings. The fraction of sp³-hybridized carbons (Fsp3) is 0.421. The number of hydrogen-bond acceptors (Lipinski definition) is 4. The smallest absolute Gasteiger partial charge is 0.407 e. The van der Waals surface area contributed by atoms with Gasteiger partial charge in [0.2, 0.25) is 0 Å². The standard InChI is InChI=1S/C19H23NO4/c1-12-13(10-7-11-20-18(23)24-19(2,3)4)17(22)15-9-6-5-8-14(15)16(12)21/h5-6,8-9H,7,10-11H2,1-4H3,(H,20,23). The second-order valence-electron chi connectivity index (χ2n) is 6.84. The summed E-state index contributed by atoms with van der Waals surface area (Å²) in [4.78, 5) is 36.5. The van der Waals surface area contributed by atoms with Crippen molar-refractivity contribution >= 4 is 17.7 Å². The fourth-order valence-electron chi connectivity index (χ4n) is 2.62. The highest BCUT2D eigenvalue weighted by molar-refractivity contribution is 6.26. The molecule has 0 spiro atoms. The summed E-state index contributed by atoms with van der Waals surface area (Å²) < 4.78 is 5.15. The number of alkyl carbamates (subject to hydrolysis) is 1. The van der Waals surface area contributed by atoms with E-state index in [4.69, 9.17) is 4.74 Å². The van der Waals surface area contributed by atoms with E-state index in [1.807, 2.05) is 0 Å². The molecule has 0 unspecified atom stereocenters. The van der Waals surface area contributed by atoms with Crippen LogP contribution in [-0.4, -0.2) is 29.8 Å². The minimum absolute atomic E-state index is 0.0969. The van der Waals surface area contributed by atoms with Crippen LogP contribution in [-0.2, 0) is 4.74 Å². The number of carbonyl (C=O) groups excluding carboxylic acids is 3. The molecule has 1 aliphatic rings. The van der Waals surface area contributed by atoms with Gasteiger partial charge in [-0.25, -0.2) is 4.79 Å². The van der Waals surface area contributed by atoms with E-state index in [9.17, 15) is 14.4 Å². The third-order valence-corrected chi connectivity index (χ3v) is 3.76. The third kappa shape index (κ3) is 4.10. The van der Waals surface area contributed by atoms with Crippen molar-refractivity contribution in [3.8, 4) is 0 Å². The molecule has 0 heterocycles. The van der Waals surface area contributed by atoms with Crippen LogP contribution in [0.2, 0.25) is 0 Å². The van der Waals surface area contributed by atoms with E-state index in [2.05, 4.69) is 5.32 Å². The van der Waals surface area contributed by atoms with E-state index in [0.29, 0.717) is 41.7 Å². The van der Waals surface area contributed by atoms with Crippen LogP contribution in [0.25, 0.3) is 0 Å². The predicted molar refractivity (Wildman–Crippen MR) is 91.3 cm³/mol. The molecule has 0 saturated heterocycles. The Balaban J connectivity index is 1.96. The molecule has 0 saturated carbocycles. The Kier molecular flexibility index (Phi) is 5.22. The van der Waals surface area contributed by atoms with E-state index < -0.39 is 11.7 Å². The van der Waals surface area contributed by atoms with E-state index in [-0.39, 0.29) is 11.6 Å². The number of fused-ring (bicyclic) bond motifs is 1. The minimum atomic E-state index is -0.543. The highest BCUT2D eigenvalue weighted by atomic mass is 16.6. The predicted octanol–water partition coefficient (Wildman–Crippen LogP) is 3.69. The van der Waals surface area contributed by atoms with E-state index >= 15 is 0 Å². The van der Waals surface area contributed by atoms with Gasteiger partial charge in [0.05, 0.1) is 0 Å². The van der Waals surface area contributed by atoms with E-state index in [1.54, 1.807) is 52.0 Å². The van der Waals surface area contributed by atoms with Crippen molar-refractivity contribution in [2.45, 2.75) is 46.1 Å². The molecule has 0 fully saturated rings. The van der Waals surface area contributed by atoms with Gasteiger partial charge >= 0.3 is 6.09 Å². The van der Waals surface area contributed by atoms with Gasteiger partial charge in [-0.1, -0.05) is 24.3 Å². The van der Waals surface area contributed by atoms with Crippen molar-refractivity contribution in [1.82, 2.24) is 5.32 Å². The minimum Gasteiger partial charge on any atom is -0.444 e. The first-order valence-corrected chi connectivity index (χ1v) is 8.06. The third-order valence-electron chi connectivity index (χ3n) is 3.76. The van der Waals surface area contributed by atoms with Gasteiger partial charge in [-0.3, -0.25) is 9.59 Å². The first-order chi connectivity index (χ1) is 11.2. The van der Waals surface area contributed by atoms with Gasteiger partial charge in [0.1, 0.15) is 5.60 Å². The SMILES string of the molecule is CC1=C(CCCNC(=O)OC(C)(C)C)C(=O)c2ccccc2C1=O. The van der Waals surface area contributed by atoms with Gasteiger partial charge in [-0.15, -0.1) is 0 Å². The molecule has 5 nitrogen and oxygen atoms in total. The average Bonchev–Trinajstić information content (AvgIpc) is 2.50. The Labute approximate surface area is 142 Å². The summed E-state index contributed by atoms with van der Waals surface area (Å²) in [6, 6.07) is 6.88. The lowest BCUT2D eigenvalue weighted by molar-refractivity contribution is 0.0527. The van der Waals surface area contributed by atoms with Crippen LogP contribution in [0.15, 0.2) is 35.4 Å². The number of allylic oxidation sites excluding steroid dienone is 2. The lowest BCUT2D eigenvalue weighted by Crippen LogP contribution is -2.33. The summed E-state index contributed by atoms with van der Waals surface area (Å²) in [5.74, 6) is -0.194. The maximum absolute atomic E-state index is 12.6. The zero-order chi connectivity index (χ0) is 17.9. The fourth-order valence-corrected chi connectivity index (χ4v) is 2.62. The van der Waals surface area contributed by atoms with Crippen molar-refractivity contribution < 1.29 is 19.1 Å². The van der Waals surface area contributed by atoms with Crippen molar-refractivity contribution in [3.63, 3.8) is 0 Å². The van der Waals surface area contributed by atoms with E-state index in [0.717, 1.165) is 0 Å². The van der Waals surface area contributed by atoms with Crippen LogP contribution < -0.4 is 5.32 Å². The number of carbonyl (C=O) groups is 3. The molecule has 1 aliphatic carbocycles. The van der Waals surface area contributed by atoms with E-state index in [1.165, 1.54) is 0 Å². The van der Waals surface area contributed by atoms with Gasteiger partial charge < -0.3 is 10.1 Å². The monoisotopic (exact) mass is 329 g/mol. The average molecular weight is 329 g/mol. The lowest BCUT2D eigenvalue weighted by atomic mass is 9.83. The van der Waals surface area contributed by atoms with Crippen molar-refractivity contribution in [2.24, 2.45) is 0 Å². The molecule has 1 N–H and O–H groups in total. The molecule has 2 rings (SSSR count). The van der Waals surface area contributed by atoms with Crippen molar-refractivity contribution in [2.75, 3.05) is 6.54 Å². The number of nitrogens with one attached hydrogen (secondary N) is 1. The Bertz CT molecular complexity index is 710. The number of hydrogen-bond donors (Lipinski definition) is 1. The Morgan fingerprint density at radius 1 is 1.08 bits per heavy atom. The Morgan fingerprint density at radius 3 is 2.25 bits per heavy atom.